The third-order valence-corrected chi connectivity index (χ3v) is 6.02. The minimum absolute atomic E-state index is 0.0403. The van der Waals surface area contributed by atoms with Gasteiger partial charge in [-0.1, -0.05) is 24.3 Å². The first kappa shape index (κ1) is 27.3. The van der Waals surface area contributed by atoms with Crippen LogP contribution in [0.25, 0.3) is 17.0 Å². The number of fused-ring (bicyclic) bond motifs is 1. The predicted molar refractivity (Wildman–Crippen MR) is 151 cm³/mol. The van der Waals surface area contributed by atoms with E-state index in [1.54, 1.807) is 17.0 Å². The quantitative estimate of drug-likeness (QED) is 0.324. The average Bonchev–Trinajstić information content (AvgIpc) is 3.34. The van der Waals surface area contributed by atoms with Gasteiger partial charge in [-0.05, 0) is 50.6 Å². The number of nitrogens with zero attached hydrogens (tertiary/aromatic N) is 3. The lowest BCUT2D eigenvalue weighted by molar-refractivity contribution is -0.129. The number of carbonyl (C=O) groups is 2. The lowest BCUT2D eigenvalue weighted by Gasteiger charge is -2.20. The number of carbonyl (C=O) groups excluding carboxylic acids is 2. The molecule has 0 radical (unpaired) electrons. The molecule has 39 heavy (non-hydrogen) atoms. The number of anilines is 2. The first-order chi connectivity index (χ1) is 18.6. The normalized spacial score (nSPS) is 13.0. The molecule has 0 fully saturated rings. The smallest absolute Gasteiger partial charge is 0.258 e. The Balaban J connectivity index is 1.62. The van der Waals surface area contributed by atoms with Crippen LogP contribution in [0.3, 0.4) is 0 Å². The van der Waals surface area contributed by atoms with E-state index in [2.05, 4.69) is 10.6 Å². The molecule has 3 aromatic rings. The van der Waals surface area contributed by atoms with E-state index in [0.717, 1.165) is 28.1 Å². The highest BCUT2D eigenvalue weighted by molar-refractivity contribution is 6.08. The van der Waals surface area contributed by atoms with Crippen LogP contribution in [-0.4, -0.2) is 45.0 Å². The molecule has 10 heteroatoms. The summed E-state index contributed by atoms with van der Waals surface area (Å²) in [5.74, 6) is 1.34. The van der Waals surface area contributed by atoms with Crippen molar-refractivity contribution < 1.29 is 14.3 Å². The van der Waals surface area contributed by atoms with Crippen LogP contribution >= 0.6 is 0 Å². The zero-order valence-corrected chi connectivity index (χ0v) is 22.5. The maximum absolute atomic E-state index is 12.2. The number of nitrogens with one attached hydrogen (secondary N) is 3. The van der Waals surface area contributed by atoms with Gasteiger partial charge in [0.05, 0.1) is 18.8 Å². The fourth-order valence-corrected chi connectivity index (χ4v) is 4.15. The van der Waals surface area contributed by atoms with Gasteiger partial charge in [0.25, 0.3) is 5.91 Å². The highest BCUT2D eigenvalue weighted by Crippen LogP contribution is 2.32. The third kappa shape index (κ3) is 6.78. The summed E-state index contributed by atoms with van der Waals surface area (Å²) in [5.41, 5.74) is 9.82. The van der Waals surface area contributed by atoms with Crippen LogP contribution in [-0.2, 0) is 22.7 Å². The summed E-state index contributed by atoms with van der Waals surface area (Å²) in [6, 6.07) is 14.8. The zero-order chi connectivity index (χ0) is 28.2. The van der Waals surface area contributed by atoms with Crippen LogP contribution < -0.4 is 21.1 Å². The summed E-state index contributed by atoms with van der Waals surface area (Å²) in [7, 11) is 0. The standard InChI is InChI=1S/C29H33N7O3/c1-18(37)36-15-24-25(16-36)33-27(20-6-5-7-23(12-20)39-17-26(38)35-29(2,3)4)34-28(24)32-22-10-8-19(9-11-22)21(13-30)14-31/h5-14,30H,15-17,31H2,1-4H3,(H,35,38)(H,32,33,34)/b21-14+,30-13?. The van der Waals surface area contributed by atoms with Gasteiger partial charge in [0.15, 0.2) is 12.4 Å². The molecule has 0 atom stereocenters. The molecule has 0 saturated heterocycles. The number of hydrogen-bond acceptors (Lipinski definition) is 8. The molecule has 1 aliphatic rings. The average molecular weight is 528 g/mol. The van der Waals surface area contributed by atoms with E-state index in [0.29, 0.717) is 36.1 Å². The van der Waals surface area contributed by atoms with Crippen molar-refractivity contribution in [1.82, 2.24) is 20.2 Å². The first-order valence-electron chi connectivity index (χ1n) is 12.6. The molecule has 2 heterocycles. The summed E-state index contributed by atoms with van der Waals surface area (Å²) >= 11 is 0. The number of allylic oxidation sites excluding steroid dienone is 1. The van der Waals surface area contributed by atoms with Gasteiger partial charge >= 0.3 is 0 Å². The largest absolute Gasteiger partial charge is 0.484 e. The van der Waals surface area contributed by atoms with Gasteiger partial charge in [0.2, 0.25) is 5.91 Å². The van der Waals surface area contributed by atoms with Crippen molar-refractivity contribution in [3.05, 3.63) is 71.6 Å². The summed E-state index contributed by atoms with van der Waals surface area (Å²) in [6.07, 6.45) is 2.60. The third-order valence-electron chi connectivity index (χ3n) is 6.02. The van der Waals surface area contributed by atoms with Crippen molar-refractivity contribution >= 4 is 35.1 Å². The summed E-state index contributed by atoms with van der Waals surface area (Å²) in [5, 5.41) is 13.7. The number of benzene rings is 2. The number of ether oxygens (including phenoxy) is 1. The Morgan fingerprint density at radius 1 is 1.13 bits per heavy atom. The summed E-state index contributed by atoms with van der Waals surface area (Å²) in [6.45, 7) is 7.96. The monoisotopic (exact) mass is 527 g/mol. The number of nitrogens with two attached hydrogens (primary N) is 1. The van der Waals surface area contributed by atoms with Crippen molar-refractivity contribution in [3.8, 4) is 17.1 Å². The van der Waals surface area contributed by atoms with Gasteiger partial charge in [-0.2, -0.15) is 0 Å². The lowest BCUT2D eigenvalue weighted by atomic mass is 10.1. The second-order valence-electron chi connectivity index (χ2n) is 10.3. The van der Waals surface area contributed by atoms with Crippen molar-refractivity contribution in [2.45, 2.75) is 46.3 Å². The SMILES string of the molecule is CC(=O)N1Cc2nc(-c3cccc(OCC(=O)NC(C)(C)C)c3)nc(Nc3ccc(/C(C=N)=C/N)cc3)c2C1. The molecule has 5 N–H and O–H groups in total. The van der Waals surface area contributed by atoms with Crippen LogP contribution in [0.2, 0.25) is 0 Å². The van der Waals surface area contributed by atoms with Crippen LogP contribution in [0.15, 0.2) is 54.7 Å². The Bertz CT molecular complexity index is 1430. The van der Waals surface area contributed by atoms with Gasteiger partial charge in [-0.15, -0.1) is 0 Å². The Hall–Kier alpha value is -4.73. The van der Waals surface area contributed by atoms with Crippen LogP contribution in [0, 0.1) is 5.41 Å². The number of rotatable bonds is 8. The van der Waals surface area contributed by atoms with Gasteiger partial charge in [-0.3, -0.25) is 9.59 Å². The Kier molecular flexibility index (Phi) is 7.94. The Morgan fingerprint density at radius 2 is 1.87 bits per heavy atom. The minimum Gasteiger partial charge on any atom is -0.484 e. The second kappa shape index (κ2) is 11.3. The molecule has 202 valence electrons. The summed E-state index contributed by atoms with van der Waals surface area (Å²) in [4.78, 5) is 35.6. The predicted octanol–water partition coefficient (Wildman–Crippen LogP) is 3.99. The Morgan fingerprint density at radius 3 is 2.51 bits per heavy atom. The maximum Gasteiger partial charge on any atom is 0.258 e. The van der Waals surface area contributed by atoms with Crippen LogP contribution in [0.5, 0.6) is 5.75 Å². The van der Waals surface area contributed by atoms with Crippen molar-refractivity contribution in [2.75, 3.05) is 11.9 Å². The zero-order valence-electron chi connectivity index (χ0n) is 22.5. The molecule has 4 rings (SSSR count). The lowest BCUT2D eigenvalue weighted by Crippen LogP contribution is -2.43. The molecule has 1 aromatic heterocycles. The molecule has 2 aromatic carbocycles. The first-order valence-corrected chi connectivity index (χ1v) is 12.6. The molecule has 0 bridgehead atoms. The van der Waals surface area contributed by atoms with Gasteiger partial charge in [-0.25, -0.2) is 9.97 Å². The molecule has 0 aliphatic carbocycles. The van der Waals surface area contributed by atoms with Gasteiger partial charge in [0.1, 0.15) is 11.6 Å². The van der Waals surface area contributed by atoms with E-state index in [1.165, 1.54) is 19.3 Å². The summed E-state index contributed by atoms with van der Waals surface area (Å²) < 4.78 is 5.73. The molecular weight excluding hydrogens is 494 g/mol. The maximum atomic E-state index is 12.2. The van der Waals surface area contributed by atoms with Crippen molar-refractivity contribution in [1.29, 1.82) is 5.41 Å². The second-order valence-corrected chi connectivity index (χ2v) is 10.3. The Labute approximate surface area is 227 Å². The van der Waals surface area contributed by atoms with Crippen molar-refractivity contribution in [2.24, 2.45) is 5.73 Å². The highest BCUT2D eigenvalue weighted by atomic mass is 16.5. The van der Waals surface area contributed by atoms with Crippen LogP contribution in [0.4, 0.5) is 11.5 Å². The van der Waals surface area contributed by atoms with Gasteiger partial charge < -0.3 is 31.4 Å². The molecular formula is C29H33N7O3. The molecule has 10 nitrogen and oxygen atoms in total. The molecule has 0 saturated carbocycles. The number of aromatic nitrogens is 2. The topological polar surface area (TPSA) is 146 Å². The fourth-order valence-electron chi connectivity index (χ4n) is 4.15. The van der Waals surface area contributed by atoms with E-state index in [9.17, 15) is 9.59 Å². The molecule has 1 aliphatic heterocycles. The van der Waals surface area contributed by atoms with Gasteiger partial charge in [0, 0.05) is 47.3 Å². The number of amides is 2. The van der Waals surface area contributed by atoms with E-state index < -0.39 is 0 Å². The molecule has 2 amide bonds. The molecule has 0 unspecified atom stereocenters. The highest BCUT2D eigenvalue weighted by Gasteiger charge is 2.27. The fraction of sp³-hybridized carbons (Fsp3) is 0.276. The van der Waals surface area contributed by atoms with Crippen molar-refractivity contribution in [3.63, 3.8) is 0 Å². The van der Waals surface area contributed by atoms with E-state index in [-0.39, 0.29) is 24.0 Å². The van der Waals surface area contributed by atoms with E-state index in [1.807, 2.05) is 57.2 Å². The van der Waals surface area contributed by atoms with E-state index >= 15 is 0 Å². The number of hydrogen-bond donors (Lipinski definition) is 4. The van der Waals surface area contributed by atoms with E-state index in [4.69, 9.17) is 25.8 Å². The molecule has 0 spiro atoms. The minimum atomic E-state index is -0.346. The van der Waals surface area contributed by atoms with Crippen LogP contribution in [0.1, 0.15) is 44.5 Å².